The largest absolute Gasteiger partial charge is 0.309 e. The van der Waals surface area contributed by atoms with Gasteiger partial charge >= 0.3 is 0 Å². The van der Waals surface area contributed by atoms with E-state index in [1.807, 2.05) is 0 Å². The molecule has 0 aliphatic heterocycles. The average molecular weight is 434 g/mol. The second kappa shape index (κ2) is 9.05. The minimum atomic E-state index is -3.40. The molecule has 2 aromatic rings. The van der Waals surface area contributed by atoms with Gasteiger partial charge in [-0.1, -0.05) is 37.1 Å². The maximum absolute atomic E-state index is 12.7. The number of sulfone groups is 1. The molecule has 0 bridgehead atoms. The van der Waals surface area contributed by atoms with Gasteiger partial charge < -0.3 is 5.32 Å². The molecule has 29 heavy (non-hydrogen) atoms. The van der Waals surface area contributed by atoms with Crippen molar-refractivity contribution in [2.45, 2.75) is 42.9 Å². The summed E-state index contributed by atoms with van der Waals surface area (Å²) in [6, 6.07) is 5.00. The van der Waals surface area contributed by atoms with Crippen molar-refractivity contribution < 1.29 is 13.2 Å². The summed E-state index contributed by atoms with van der Waals surface area (Å²) in [5.41, 5.74) is 1.52. The highest BCUT2D eigenvalue weighted by Crippen LogP contribution is 2.40. The smallest absolute Gasteiger partial charge is 0.226 e. The fourth-order valence-corrected chi connectivity index (χ4v) is 5.20. The van der Waals surface area contributed by atoms with Crippen LogP contribution in [0.2, 0.25) is 5.02 Å². The molecule has 0 saturated heterocycles. The second-order valence-electron chi connectivity index (χ2n) is 7.40. The zero-order valence-electron chi connectivity index (χ0n) is 16.3. The van der Waals surface area contributed by atoms with Gasteiger partial charge in [-0.05, 0) is 48.4 Å². The summed E-state index contributed by atoms with van der Waals surface area (Å²) in [6.45, 7) is 3.63. The highest BCUT2D eigenvalue weighted by Gasteiger charge is 2.29. The number of aromatic nitrogens is 2. The Kier molecular flexibility index (Phi) is 6.70. The van der Waals surface area contributed by atoms with E-state index in [-0.39, 0.29) is 28.2 Å². The Balaban J connectivity index is 1.81. The van der Waals surface area contributed by atoms with Crippen molar-refractivity contribution in [3.05, 3.63) is 53.5 Å². The van der Waals surface area contributed by atoms with Crippen LogP contribution in [0, 0.1) is 5.92 Å². The first kappa shape index (κ1) is 21.5. The van der Waals surface area contributed by atoms with Crippen LogP contribution >= 0.6 is 11.6 Å². The summed E-state index contributed by atoms with van der Waals surface area (Å²) >= 11 is 6.25. The van der Waals surface area contributed by atoms with Crippen molar-refractivity contribution in [1.29, 1.82) is 0 Å². The first-order chi connectivity index (χ1) is 13.8. The van der Waals surface area contributed by atoms with Crippen molar-refractivity contribution in [2.24, 2.45) is 5.92 Å². The Morgan fingerprint density at radius 3 is 2.59 bits per heavy atom. The SMILES string of the molecule is C=Cc1cnc(NC(=O)CC(c2ccc(S(C)(=O)=O)c(Cl)c2)C2CCCC2)cn1. The third kappa shape index (κ3) is 5.42. The minimum Gasteiger partial charge on any atom is -0.309 e. The number of rotatable bonds is 7. The first-order valence-electron chi connectivity index (χ1n) is 9.52. The van der Waals surface area contributed by atoms with E-state index in [4.69, 9.17) is 11.6 Å². The number of hydrogen-bond donors (Lipinski definition) is 1. The number of nitrogens with zero attached hydrogens (tertiary/aromatic N) is 2. The molecule has 1 aromatic carbocycles. The van der Waals surface area contributed by atoms with Crippen LogP contribution in [0.1, 0.15) is 49.3 Å². The Labute approximate surface area is 176 Å². The van der Waals surface area contributed by atoms with Crippen molar-refractivity contribution in [3.63, 3.8) is 0 Å². The van der Waals surface area contributed by atoms with Gasteiger partial charge in [-0.2, -0.15) is 0 Å². The van der Waals surface area contributed by atoms with E-state index in [0.717, 1.165) is 37.5 Å². The van der Waals surface area contributed by atoms with Gasteiger partial charge in [-0.3, -0.25) is 9.78 Å². The van der Waals surface area contributed by atoms with Crippen LogP contribution in [0.25, 0.3) is 6.08 Å². The number of halogens is 1. The first-order valence-corrected chi connectivity index (χ1v) is 11.8. The summed E-state index contributed by atoms with van der Waals surface area (Å²) in [5, 5.41) is 2.99. The predicted molar refractivity (Wildman–Crippen MR) is 115 cm³/mol. The molecular formula is C21H24ClN3O3S. The van der Waals surface area contributed by atoms with E-state index < -0.39 is 9.84 Å². The lowest BCUT2D eigenvalue weighted by molar-refractivity contribution is -0.116. The molecule has 1 aliphatic rings. The maximum atomic E-state index is 12.7. The van der Waals surface area contributed by atoms with Gasteiger partial charge in [0.25, 0.3) is 0 Å². The molecule has 1 amide bonds. The number of anilines is 1. The number of carbonyl (C=O) groups excluding carboxylic acids is 1. The monoisotopic (exact) mass is 433 g/mol. The summed E-state index contributed by atoms with van der Waals surface area (Å²) < 4.78 is 23.7. The van der Waals surface area contributed by atoms with E-state index >= 15 is 0 Å². The molecule has 1 fully saturated rings. The zero-order valence-corrected chi connectivity index (χ0v) is 17.8. The zero-order chi connectivity index (χ0) is 21.0. The lowest BCUT2D eigenvalue weighted by atomic mass is 9.82. The van der Waals surface area contributed by atoms with Gasteiger partial charge in [0.15, 0.2) is 15.7 Å². The summed E-state index contributed by atoms with van der Waals surface area (Å²) in [7, 11) is -3.40. The third-order valence-electron chi connectivity index (χ3n) is 5.31. The van der Waals surface area contributed by atoms with Gasteiger partial charge in [0.2, 0.25) is 5.91 Å². The Morgan fingerprint density at radius 2 is 2.03 bits per heavy atom. The van der Waals surface area contributed by atoms with Gasteiger partial charge in [0.1, 0.15) is 0 Å². The standard InChI is InChI=1S/C21H24ClN3O3S/c1-3-16-12-24-20(13-23-16)25-21(26)11-17(14-6-4-5-7-14)15-8-9-19(18(22)10-15)29(2,27)28/h3,8-10,12-14,17H,1,4-7,11H2,2H3,(H,24,25,26). The number of benzene rings is 1. The molecule has 154 valence electrons. The van der Waals surface area contributed by atoms with Gasteiger partial charge in [0.05, 0.1) is 28.0 Å². The number of nitrogens with one attached hydrogen (secondary N) is 1. The van der Waals surface area contributed by atoms with E-state index in [2.05, 4.69) is 21.9 Å². The normalized spacial score (nSPS) is 15.8. The Hall–Kier alpha value is -2.25. The predicted octanol–water partition coefficient (Wildman–Crippen LogP) is 4.48. The van der Waals surface area contributed by atoms with E-state index in [0.29, 0.717) is 17.4 Å². The second-order valence-corrected chi connectivity index (χ2v) is 9.79. The molecular weight excluding hydrogens is 410 g/mol. The van der Waals surface area contributed by atoms with Crippen LogP contribution in [-0.2, 0) is 14.6 Å². The van der Waals surface area contributed by atoms with Crippen molar-refractivity contribution in [2.75, 3.05) is 11.6 Å². The Morgan fingerprint density at radius 1 is 1.31 bits per heavy atom. The van der Waals surface area contributed by atoms with Gasteiger partial charge in [0, 0.05) is 12.7 Å². The molecule has 1 N–H and O–H groups in total. The van der Waals surface area contributed by atoms with Crippen LogP contribution in [0.5, 0.6) is 0 Å². The van der Waals surface area contributed by atoms with Crippen LogP contribution in [0.3, 0.4) is 0 Å². The van der Waals surface area contributed by atoms with E-state index in [1.54, 1.807) is 24.4 Å². The van der Waals surface area contributed by atoms with Gasteiger partial charge in [-0.25, -0.2) is 13.4 Å². The maximum Gasteiger partial charge on any atom is 0.226 e. The fraction of sp³-hybridized carbons (Fsp3) is 0.381. The lowest BCUT2D eigenvalue weighted by Gasteiger charge is -2.24. The molecule has 1 saturated carbocycles. The molecule has 1 atom stereocenters. The summed E-state index contributed by atoms with van der Waals surface area (Å²) in [5.74, 6) is 0.543. The quantitative estimate of drug-likeness (QED) is 0.695. The van der Waals surface area contributed by atoms with E-state index in [9.17, 15) is 13.2 Å². The minimum absolute atomic E-state index is 0.0379. The lowest BCUT2D eigenvalue weighted by Crippen LogP contribution is -2.20. The molecule has 1 aliphatic carbocycles. The molecule has 0 radical (unpaired) electrons. The number of hydrogen-bond acceptors (Lipinski definition) is 5. The molecule has 8 heteroatoms. The van der Waals surface area contributed by atoms with E-state index in [1.165, 1.54) is 12.3 Å². The Bertz CT molecular complexity index is 1000. The van der Waals surface area contributed by atoms with Crippen molar-refractivity contribution in [1.82, 2.24) is 9.97 Å². The fourth-order valence-electron chi connectivity index (χ4n) is 3.87. The molecule has 6 nitrogen and oxygen atoms in total. The van der Waals surface area contributed by atoms with Crippen molar-refractivity contribution >= 4 is 39.2 Å². The summed E-state index contributed by atoms with van der Waals surface area (Å²) in [4.78, 5) is 21.1. The molecule has 1 heterocycles. The summed E-state index contributed by atoms with van der Waals surface area (Å²) in [6.07, 6.45) is 10.4. The average Bonchev–Trinajstić information content (AvgIpc) is 3.20. The van der Waals surface area contributed by atoms with Crippen LogP contribution in [0.4, 0.5) is 5.82 Å². The van der Waals surface area contributed by atoms with Crippen LogP contribution < -0.4 is 5.32 Å². The van der Waals surface area contributed by atoms with Crippen LogP contribution in [-0.4, -0.2) is 30.5 Å². The molecule has 1 unspecified atom stereocenters. The molecule has 3 rings (SSSR count). The van der Waals surface area contributed by atoms with Gasteiger partial charge in [-0.15, -0.1) is 0 Å². The highest BCUT2D eigenvalue weighted by molar-refractivity contribution is 7.90. The molecule has 1 aromatic heterocycles. The highest BCUT2D eigenvalue weighted by atomic mass is 35.5. The molecule has 0 spiro atoms. The third-order valence-corrected chi connectivity index (χ3v) is 6.89. The van der Waals surface area contributed by atoms with Crippen molar-refractivity contribution in [3.8, 4) is 0 Å². The van der Waals surface area contributed by atoms with Crippen LogP contribution in [0.15, 0.2) is 42.1 Å². The topological polar surface area (TPSA) is 89.0 Å². The number of amides is 1. The number of carbonyl (C=O) groups is 1.